The number of carbonyl (C=O) groups excluding carboxylic acids is 2. The zero-order chi connectivity index (χ0) is 17.1. The Morgan fingerprint density at radius 3 is 2.54 bits per heavy atom. The Labute approximate surface area is 140 Å². The van der Waals surface area contributed by atoms with E-state index in [0.717, 1.165) is 12.0 Å². The fourth-order valence-electron chi connectivity index (χ4n) is 2.82. The average molecular weight is 328 g/mol. The average Bonchev–Trinajstić information content (AvgIpc) is 3.20. The molecule has 0 unspecified atom stereocenters. The molecule has 7 heteroatoms. The summed E-state index contributed by atoms with van der Waals surface area (Å²) < 4.78 is 5.06. The van der Waals surface area contributed by atoms with E-state index in [1.807, 2.05) is 30.3 Å². The predicted octanol–water partition coefficient (Wildman–Crippen LogP) is 2.26. The van der Waals surface area contributed by atoms with Gasteiger partial charge in [-0.2, -0.15) is 0 Å². The van der Waals surface area contributed by atoms with Gasteiger partial charge in [0, 0.05) is 19.6 Å². The van der Waals surface area contributed by atoms with E-state index in [1.54, 1.807) is 13.8 Å². The minimum Gasteiger partial charge on any atom is -0.361 e. The molecule has 0 bridgehead atoms. The van der Waals surface area contributed by atoms with Crippen LogP contribution in [0.15, 0.2) is 34.9 Å². The number of hydrazine groups is 1. The molecule has 2 aromatic rings. The second kappa shape index (κ2) is 6.74. The third-order valence-corrected chi connectivity index (χ3v) is 4.03. The van der Waals surface area contributed by atoms with E-state index in [4.69, 9.17) is 4.52 Å². The minimum absolute atomic E-state index is 0.251. The van der Waals surface area contributed by atoms with Crippen LogP contribution in [0.3, 0.4) is 0 Å². The summed E-state index contributed by atoms with van der Waals surface area (Å²) in [5, 5.41) is 9.59. The van der Waals surface area contributed by atoms with E-state index in [-0.39, 0.29) is 11.9 Å². The predicted molar refractivity (Wildman–Crippen MR) is 87.0 cm³/mol. The Hall–Kier alpha value is -2.83. The highest BCUT2D eigenvalue weighted by Gasteiger charge is 2.33. The SMILES string of the molecule is Cc1noc(C)c1C(=O)N1CCCN1C(=O)NCc1ccccc1. The molecular formula is C17H20N4O3. The Morgan fingerprint density at radius 1 is 1.17 bits per heavy atom. The van der Waals surface area contributed by atoms with Crippen LogP contribution in [0.1, 0.15) is 33.8 Å². The summed E-state index contributed by atoms with van der Waals surface area (Å²) in [5.74, 6) is 0.215. The second-order valence-electron chi connectivity index (χ2n) is 5.75. The Morgan fingerprint density at radius 2 is 1.88 bits per heavy atom. The molecule has 1 aliphatic heterocycles. The second-order valence-corrected chi connectivity index (χ2v) is 5.75. The number of nitrogens with zero attached hydrogens (tertiary/aromatic N) is 3. The quantitative estimate of drug-likeness (QED) is 0.937. The number of carbonyl (C=O) groups is 2. The molecule has 3 amide bonds. The molecular weight excluding hydrogens is 308 g/mol. The topological polar surface area (TPSA) is 78.7 Å². The standard InChI is InChI=1S/C17H20N4O3/c1-12-15(13(2)24-19-12)16(22)20-9-6-10-21(20)17(23)18-11-14-7-4-3-5-8-14/h3-5,7-8H,6,9-11H2,1-2H3,(H,18,23). The number of hydrogen-bond donors (Lipinski definition) is 1. The molecule has 3 rings (SSSR count). The molecule has 2 heterocycles. The highest BCUT2D eigenvalue weighted by atomic mass is 16.5. The first-order chi connectivity index (χ1) is 11.6. The van der Waals surface area contributed by atoms with Crippen LogP contribution in [0.25, 0.3) is 0 Å². The van der Waals surface area contributed by atoms with E-state index in [0.29, 0.717) is 36.7 Å². The van der Waals surface area contributed by atoms with Crippen LogP contribution in [0, 0.1) is 13.8 Å². The van der Waals surface area contributed by atoms with Gasteiger partial charge >= 0.3 is 6.03 Å². The fourth-order valence-corrected chi connectivity index (χ4v) is 2.82. The van der Waals surface area contributed by atoms with Crippen molar-refractivity contribution in [2.75, 3.05) is 13.1 Å². The minimum atomic E-state index is -0.281. The van der Waals surface area contributed by atoms with Crippen LogP contribution in [-0.2, 0) is 6.54 Å². The van der Waals surface area contributed by atoms with Crippen molar-refractivity contribution in [3.05, 3.63) is 52.9 Å². The highest BCUT2D eigenvalue weighted by Crippen LogP contribution is 2.20. The van der Waals surface area contributed by atoms with Gasteiger partial charge in [-0.1, -0.05) is 35.5 Å². The zero-order valence-corrected chi connectivity index (χ0v) is 13.8. The van der Waals surface area contributed by atoms with E-state index in [2.05, 4.69) is 10.5 Å². The molecule has 1 saturated heterocycles. The van der Waals surface area contributed by atoms with Crippen molar-refractivity contribution in [1.82, 2.24) is 20.5 Å². The number of aromatic nitrogens is 1. The van der Waals surface area contributed by atoms with E-state index < -0.39 is 0 Å². The van der Waals surface area contributed by atoms with Gasteiger partial charge in [-0.25, -0.2) is 14.8 Å². The summed E-state index contributed by atoms with van der Waals surface area (Å²) in [4.78, 5) is 25.2. The summed E-state index contributed by atoms with van der Waals surface area (Å²) in [6.07, 6.45) is 0.744. The molecule has 1 fully saturated rings. The van der Waals surface area contributed by atoms with Crippen LogP contribution in [0.5, 0.6) is 0 Å². The zero-order valence-electron chi connectivity index (χ0n) is 13.8. The van der Waals surface area contributed by atoms with Crippen molar-refractivity contribution in [2.24, 2.45) is 0 Å². The summed E-state index contributed by atoms with van der Waals surface area (Å²) in [6, 6.07) is 9.37. The number of urea groups is 1. The maximum Gasteiger partial charge on any atom is 0.336 e. The van der Waals surface area contributed by atoms with Crippen LogP contribution in [0.2, 0.25) is 0 Å². The molecule has 0 atom stereocenters. The monoisotopic (exact) mass is 328 g/mol. The number of hydrogen-bond acceptors (Lipinski definition) is 4. The summed E-state index contributed by atoms with van der Waals surface area (Å²) in [7, 11) is 0. The Bertz CT molecular complexity index is 722. The van der Waals surface area contributed by atoms with E-state index >= 15 is 0 Å². The first kappa shape index (κ1) is 16.0. The van der Waals surface area contributed by atoms with Gasteiger partial charge in [-0.3, -0.25) is 4.79 Å². The smallest absolute Gasteiger partial charge is 0.336 e. The first-order valence-electron chi connectivity index (χ1n) is 7.92. The Kier molecular flexibility index (Phi) is 4.50. The third kappa shape index (κ3) is 3.10. The van der Waals surface area contributed by atoms with Crippen molar-refractivity contribution in [2.45, 2.75) is 26.8 Å². The number of aryl methyl sites for hydroxylation is 2. The van der Waals surface area contributed by atoms with Gasteiger partial charge < -0.3 is 9.84 Å². The van der Waals surface area contributed by atoms with Gasteiger partial charge in [0.15, 0.2) is 0 Å². The molecule has 0 aliphatic carbocycles. The largest absolute Gasteiger partial charge is 0.361 e. The number of amides is 3. The molecule has 1 aliphatic rings. The van der Waals surface area contributed by atoms with Crippen molar-refractivity contribution in [3.63, 3.8) is 0 Å². The van der Waals surface area contributed by atoms with Gasteiger partial charge in [-0.15, -0.1) is 0 Å². The lowest BCUT2D eigenvalue weighted by Gasteiger charge is -2.27. The summed E-state index contributed by atoms with van der Waals surface area (Å²) >= 11 is 0. The van der Waals surface area contributed by atoms with Crippen molar-refractivity contribution < 1.29 is 14.1 Å². The molecule has 7 nitrogen and oxygen atoms in total. The maximum absolute atomic E-state index is 12.7. The van der Waals surface area contributed by atoms with Gasteiger partial charge in [0.25, 0.3) is 5.91 Å². The van der Waals surface area contributed by atoms with Gasteiger partial charge in [0.1, 0.15) is 11.3 Å². The molecule has 0 saturated carbocycles. The number of rotatable bonds is 3. The summed E-state index contributed by atoms with van der Waals surface area (Å²) in [6.45, 7) is 4.85. The molecule has 1 aromatic heterocycles. The van der Waals surface area contributed by atoms with E-state index in [1.165, 1.54) is 10.0 Å². The highest BCUT2D eigenvalue weighted by molar-refractivity contribution is 5.97. The number of benzene rings is 1. The maximum atomic E-state index is 12.7. The fraction of sp³-hybridized carbons (Fsp3) is 0.353. The lowest BCUT2D eigenvalue weighted by Crippen LogP contribution is -2.49. The van der Waals surface area contributed by atoms with Crippen molar-refractivity contribution >= 4 is 11.9 Å². The molecule has 1 aromatic carbocycles. The normalized spacial score (nSPS) is 14.1. The lowest BCUT2D eigenvalue weighted by atomic mass is 10.2. The molecule has 0 radical (unpaired) electrons. The molecule has 1 N–H and O–H groups in total. The molecule has 126 valence electrons. The first-order valence-corrected chi connectivity index (χ1v) is 7.92. The molecule has 0 spiro atoms. The van der Waals surface area contributed by atoms with Crippen LogP contribution in [-0.4, -0.2) is 40.2 Å². The van der Waals surface area contributed by atoms with Crippen LogP contribution in [0.4, 0.5) is 4.79 Å². The lowest BCUT2D eigenvalue weighted by molar-refractivity contribution is 0.0373. The third-order valence-electron chi connectivity index (χ3n) is 4.03. The van der Waals surface area contributed by atoms with Gasteiger partial charge in [0.2, 0.25) is 0 Å². The van der Waals surface area contributed by atoms with Crippen molar-refractivity contribution in [3.8, 4) is 0 Å². The van der Waals surface area contributed by atoms with Crippen LogP contribution >= 0.6 is 0 Å². The number of nitrogens with one attached hydrogen (secondary N) is 1. The van der Waals surface area contributed by atoms with Crippen molar-refractivity contribution in [1.29, 1.82) is 0 Å². The van der Waals surface area contributed by atoms with Crippen LogP contribution < -0.4 is 5.32 Å². The molecule has 24 heavy (non-hydrogen) atoms. The van der Waals surface area contributed by atoms with Gasteiger partial charge in [-0.05, 0) is 25.8 Å². The summed E-state index contributed by atoms with van der Waals surface area (Å²) in [5.41, 5.74) is 1.97. The van der Waals surface area contributed by atoms with Gasteiger partial charge in [0.05, 0.1) is 5.69 Å². The Balaban J connectivity index is 1.69. The van der Waals surface area contributed by atoms with E-state index in [9.17, 15) is 9.59 Å².